The van der Waals surface area contributed by atoms with Crippen LogP contribution in [-0.2, 0) is 25.9 Å². The predicted molar refractivity (Wildman–Crippen MR) is 91.1 cm³/mol. The number of halogens is 1. The first-order chi connectivity index (χ1) is 11.6. The van der Waals surface area contributed by atoms with Crippen LogP contribution in [0.3, 0.4) is 0 Å². The van der Waals surface area contributed by atoms with E-state index in [-0.39, 0.29) is 10.7 Å². The van der Waals surface area contributed by atoms with E-state index in [0.717, 1.165) is 43.1 Å². The molecule has 1 aliphatic rings. The van der Waals surface area contributed by atoms with Gasteiger partial charge in [0.25, 0.3) is 5.69 Å². The quantitative estimate of drug-likeness (QED) is 0.492. The molecule has 0 spiro atoms. The van der Waals surface area contributed by atoms with E-state index in [1.54, 1.807) is 12.1 Å². The van der Waals surface area contributed by atoms with Crippen LogP contribution >= 0.6 is 11.6 Å². The number of rotatable bonds is 6. The lowest BCUT2D eigenvalue weighted by Gasteiger charge is -2.08. The summed E-state index contributed by atoms with van der Waals surface area (Å²) < 4.78 is 2.24. The number of benzene rings is 1. The Balaban J connectivity index is 1.54. The molecule has 0 fully saturated rings. The molecule has 1 aromatic heterocycles. The fraction of sp³-hybridized carbons (Fsp3) is 0.500. The molecule has 3 rings (SSSR count). The van der Waals surface area contributed by atoms with Crippen molar-refractivity contribution in [1.29, 1.82) is 0 Å². The lowest BCUT2D eigenvalue weighted by molar-refractivity contribution is -0.384. The maximum Gasteiger partial charge on any atom is 0.288 e. The highest BCUT2D eigenvalue weighted by molar-refractivity contribution is 6.32. The Hall–Kier alpha value is -1.99. The molecule has 2 aromatic rings. The monoisotopic (exact) mass is 349 g/mol. The van der Waals surface area contributed by atoms with Crippen LogP contribution in [0.2, 0.25) is 5.02 Å². The summed E-state index contributed by atoms with van der Waals surface area (Å²) in [5.74, 6) is 2.11. The fourth-order valence-corrected chi connectivity index (χ4v) is 3.16. The molecule has 128 valence electrons. The second-order valence-corrected chi connectivity index (χ2v) is 6.37. The normalized spacial score (nSPS) is 14.2. The van der Waals surface area contributed by atoms with Crippen molar-refractivity contribution >= 4 is 17.3 Å². The van der Waals surface area contributed by atoms with Gasteiger partial charge in [0, 0.05) is 38.5 Å². The summed E-state index contributed by atoms with van der Waals surface area (Å²) in [6, 6.07) is 4.87. The first-order valence-corrected chi connectivity index (χ1v) is 8.57. The van der Waals surface area contributed by atoms with Crippen LogP contribution in [0, 0.1) is 10.1 Å². The topological polar surface area (TPSA) is 85.9 Å². The van der Waals surface area contributed by atoms with Gasteiger partial charge in [0.1, 0.15) is 16.7 Å². The number of hydrogen-bond donors (Lipinski definition) is 1. The first kappa shape index (κ1) is 16.9. The minimum absolute atomic E-state index is 0.0567. The number of nitrogens with zero attached hydrogens (tertiary/aromatic N) is 4. The SMILES string of the molecule is O=[N+]([O-])c1cc(CNCCc2nnc3n2CCCCC3)ccc1Cl. The third kappa shape index (κ3) is 3.91. The summed E-state index contributed by atoms with van der Waals surface area (Å²) in [6.45, 7) is 2.30. The second kappa shape index (κ2) is 7.72. The van der Waals surface area contributed by atoms with Crippen molar-refractivity contribution < 1.29 is 4.92 Å². The van der Waals surface area contributed by atoms with Gasteiger partial charge in [-0.3, -0.25) is 10.1 Å². The Morgan fingerprint density at radius 3 is 3.00 bits per heavy atom. The summed E-state index contributed by atoms with van der Waals surface area (Å²) >= 11 is 5.82. The van der Waals surface area contributed by atoms with Crippen molar-refractivity contribution in [3.63, 3.8) is 0 Å². The van der Waals surface area contributed by atoms with Gasteiger partial charge in [-0.2, -0.15) is 0 Å². The molecule has 0 aliphatic carbocycles. The van der Waals surface area contributed by atoms with Gasteiger partial charge in [-0.1, -0.05) is 24.1 Å². The van der Waals surface area contributed by atoms with Gasteiger partial charge in [-0.25, -0.2) is 0 Å². The van der Waals surface area contributed by atoms with Gasteiger partial charge in [0.05, 0.1) is 4.92 Å². The van der Waals surface area contributed by atoms with E-state index in [4.69, 9.17) is 11.6 Å². The van der Waals surface area contributed by atoms with Crippen LogP contribution in [0.25, 0.3) is 0 Å². The van der Waals surface area contributed by atoms with Crippen molar-refractivity contribution in [3.05, 3.63) is 50.5 Å². The fourth-order valence-electron chi connectivity index (χ4n) is 2.97. The maximum absolute atomic E-state index is 10.9. The lowest BCUT2D eigenvalue weighted by Crippen LogP contribution is -2.19. The summed E-state index contributed by atoms with van der Waals surface area (Å²) in [5.41, 5.74) is 0.782. The minimum Gasteiger partial charge on any atom is -0.315 e. The van der Waals surface area contributed by atoms with Gasteiger partial charge in [0.2, 0.25) is 0 Å². The molecular weight excluding hydrogens is 330 g/mol. The number of fused-ring (bicyclic) bond motifs is 1. The Morgan fingerprint density at radius 1 is 1.29 bits per heavy atom. The van der Waals surface area contributed by atoms with Crippen molar-refractivity contribution in [2.45, 2.75) is 45.2 Å². The van der Waals surface area contributed by atoms with Crippen LogP contribution in [0.5, 0.6) is 0 Å². The molecule has 8 heteroatoms. The molecule has 2 heterocycles. The molecule has 0 bridgehead atoms. The van der Waals surface area contributed by atoms with Crippen LogP contribution in [0.1, 0.15) is 36.5 Å². The Labute approximate surface area is 145 Å². The summed E-state index contributed by atoms with van der Waals surface area (Å²) in [5, 5.41) is 23.0. The number of nitro benzene ring substituents is 1. The van der Waals surface area contributed by atoms with E-state index in [1.807, 2.05) is 0 Å². The standard InChI is InChI=1S/C16H20ClN5O2/c17-13-6-5-12(10-14(13)22(23)24)11-18-8-7-16-20-19-15-4-2-1-3-9-21(15)16/h5-6,10,18H,1-4,7-9,11H2. The molecule has 24 heavy (non-hydrogen) atoms. The predicted octanol–water partition coefficient (Wildman–Crippen LogP) is 2.90. The van der Waals surface area contributed by atoms with E-state index in [2.05, 4.69) is 20.1 Å². The molecule has 1 N–H and O–H groups in total. The van der Waals surface area contributed by atoms with Crippen LogP contribution in [0.15, 0.2) is 18.2 Å². The molecule has 1 aromatic carbocycles. The molecule has 7 nitrogen and oxygen atoms in total. The molecule has 0 saturated heterocycles. The van der Waals surface area contributed by atoms with Crippen molar-refractivity contribution in [2.75, 3.05) is 6.54 Å². The molecular formula is C16H20ClN5O2. The highest BCUT2D eigenvalue weighted by Gasteiger charge is 2.15. The van der Waals surface area contributed by atoms with Gasteiger partial charge in [0.15, 0.2) is 0 Å². The zero-order valence-corrected chi connectivity index (χ0v) is 14.1. The Bertz CT molecular complexity index is 731. The van der Waals surface area contributed by atoms with Crippen LogP contribution < -0.4 is 5.32 Å². The van der Waals surface area contributed by atoms with Gasteiger partial charge in [-0.15, -0.1) is 10.2 Å². The number of nitro groups is 1. The van der Waals surface area contributed by atoms with E-state index in [9.17, 15) is 10.1 Å². The molecule has 0 amide bonds. The largest absolute Gasteiger partial charge is 0.315 e. The summed E-state index contributed by atoms with van der Waals surface area (Å²) in [6.07, 6.45) is 5.42. The third-order valence-electron chi connectivity index (χ3n) is 4.25. The molecule has 0 saturated carbocycles. The lowest BCUT2D eigenvalue weighted by atomic mass is 10.2. The highest BCUT2D eigenvalue weighted by Crippen LogP contribution is 2.24. The van der Waals surface area contributed by atoms with Crippen molar-refractivity contribution in [3.8, 4) is 0 Å². The maximum atomic E-state index is 10.9. The summed E-state index contributed by atoms with van der Waals surface area (Å²) in [7, 11) is 0. The molecule has 0 radical (unpaired) electrons. The average Bonchev–Trinajstić information content (AvgIpc) is 2.79. The van der Waals surface area contributed by atoms with E-state index in [1.165, 1.54) is 25.3 Å². The number of hydrogen-bond acceptors (Lipinski definition) is 5. The van der Waals surface area contributed by atoms with Crippen molar-refractivity contribution in [2.24, 2.45) is 0 Å². The molecule has 1 aliphatic heterocycles. The number of aromatic nitrogens is 3. The first-order valence-electron chi connectivity index (χ1n) is 8.19. The van der Waals surface area contributed by atoms with Gasteiger partial charge < -0.3 is 9.88 Å². The third-order valence-corrected chi connectivity index (χ3v) is 4.57. The molecule has 0 unspecified atom stereocenters. The molecule has 0 atom stereocenters. The van der Waals surface area contributed by atoms with Crippen LogP contribution in [0.4, 0.5) is 5.69 Å². The second-order valence-electron chi connectivity index (χ2n) is 5.96. The smallest absolute Gasteiger partial charge is 0.288 e. The van der Waals surface area contributed by atoms with E-state index in [0.29, 0.717) is 6.54 Å². The van der Waals surface area contributed by atoms with E-state index < -0.39 is 4.92 Å². The van der Waals surface area contributed by atoms with Crippen molar-refractivity contribution in [1.82, 2.24) is 20.1 Å². The number of aryl methyl sites for hydroxylation is 1. The minimum atomic E-state index is -0.461. The average molecular weight is 350 g/mol. The van der Waals surface area contributed by atoms with Crippen LogP contribution in [-0.4, -0.2) is 26.2 Å². The zero-order valence-electron chi connectivity index (χ0n) is 13.4. The van der Waals surface area contributed by atoms with Gasteiger partial charge >= 0.3 is 0 Å². The zero-order chi connectivity index (χ0) is 16.9. The summed E-state index contributed by atoms with van der Waals surface area (Å²) in [4.78, 5) is 10.4. The Kier molecular flexibility index (Phi) is 5.42. The number of nitrogens with one attached hydrogen (secondary N) is 1. The Morgan fingerprint density at radius 2 is 2.17 bits per heavy atom. The van der Waals surface area contributed by atoms with E-state index >= 15 is 0 Å². The highest BCUT2D eigenvalue weighted by atomic mass is 35.5. The van der Waals surface area contributed by atoms with Gasteiger partial charge in [-0.05, 0) is 24.5 Å².